The molecule has 1 aliphatic heterocycles. The molecule has 0 bridgehead atoms. The maximum Gasteiger partial charge on any atom is 0.125 e. The summed E-state index contributed by atoms with van der Waals surface area (Å²) in [7, 11) is 0. The molecule has 0 aromatic heterocycles. The summed E-state index contributed by atoms with van der Waals surface area (Å²) >= 11 is 1.64. The SMILES string of the molecule is CC1CCC(CSc2ccc(F)cc2N)O1. The minimum atomic E-state index is -0.285. The molecular weight excluding hydrogens is 225 g/mol. The molecule has 1 fully saturated rings. The summed E-state index contributed by atoms with van der Waals surface area (Å²) in [6, 6.07) is 4.53. The zero-order chi connectivity index (χ0) is 11.5. The summed E-state index contributed by atoms with van der Waals surface area (Å²) in [4.78, 5) is 0.935. The van der Waals surface area contributed by atoms with E-state index in [0.29, 0.717) is 17.9 Å². The molecule has 0 radical (unpaired) electrons. The first-order valence-electron chi connectivity index (χ1n) is 5.48. The molecule has 2 rings (SSSR count). The predicted molar refractivity (Wildman–Crippen MR) is 65.1 cm³/mol. The smallest absolute Gasteiger partial charge is 0.125 e. The number of ether oxygens (including phenoxy) is 1. The Morgan fingerprint density at radius 2 is 2.31 bits per heavy atom. The van der Waals surface area contributed by atoms with Crippen LogP contribution in [0.1, 0.15) is 19.8 Å². The topological polar surface area (TPSA) is 35.2 Å². The van der Waals surface area contributed by atoms with Crippen molar-refractivity contribution in [2.24, 2.45) is 0 Å². The molecule has 1 aliphatic rings. The molecule has 0 aliphatic carbocycles. The van der Waals surface area contributed by atoms with Crippen LogP contribution in [0.3, 0.4) is 0 Å². The summed E-state index contributed by atoms with van der Waals surface area (Å²) in [6.45, 7) is 2.09. The van der Waals surface area contributed by atoms with Gasteiger partial charge in [-0.25, -0.2) is 4.39 Å². The fourth-order valence-electron chi connectivity index (χ4n) is 1.84. The average molecular weight is 241 g/mol. The Hall–Kier alpha value is -0.740. The fourth-order valence-corrected chi connectivity index (χ4v) is 2.84. The molecule has 1 saturated heterocycles. The van der Waals surface area contributed by atoms with Gasteiger partial charge in [0.05, 0.1) is 12.2 Å². The van der Waals surface area contributed by atoms with Crippen molar-refractivity contribution in [3.8, 4) is 0 Å². The zero-order valence-electron chi connectivity index (χ0n) is 9.28. The normalized spacial score (nSPS) is 24.9. The largest absolute Gasteiger partial charge is 0.398 e. The van der Waals surface area contributed by atoms with E-state index in [-0.39, 0.29) is 5.82 Å². The first-order valence-corrected chi connectivity index (χ1v) is 6.47. The maximum atomic E-state index is 12.8. The van der Waals surface area contributed by atoms with Crippen molar-refractivity contribution in [1.29, 1.82) is 0 Å². The predicted octanol–water partition coefficient (Wildman–Crippen LogP) is 3.07. The molecule has 0 saturated carbocycles. The first kappa shape index (κ1) is 11.7. The Morgan fingerprint density at radius 3 is 2.94 bits per heavy atom. The molecule has 1 heterocycles. The van der Waals surface area contributed by atoms with Gasteiger partial charge in [0, 0.05) is 16.3 Å². The number of thioether (sulfide) groups is 1. The second-order valence-electron chi connectivity index (χ2n) is 4.14. The van der Waals surface area contributed by atoms with Crippen LogP contribution in [-0.4, -0.2) is 18.0 Å². The zero-order valence-corrected chi connectivity index (χ0v) is 10.1. The minimum Gasteiger partial charge on any atom is -0.398 e. The lowest BCUT2D eigenvalue weighted by molar-refractivity contribution is 0.0700. The highest BCUT2D eigenvalue weighted by atomic mass is 32.2. The van der Waals surface area contributed by atoms with Gasteiger partial charge in [-0.15, -0.1) is 11.8 Å². The van der Waals surface area contributed by atoms with Gasteiger partial charge in [-0.3, -0.25) is 0 Å². The van der Waals surface area contributed by atoms with E-state index in [4.69, 9.17) is 10.5 Å². The van der Waals surface area contributed by atoms with Crippen LogP contribution < -0.4 is 5.73 Å². The van der Waals surface area contributed by atoms with E-state index in [2.05, 4.69) is 6.92 Å². The van der Waals surface area contributed by atoms with Gasteiger partial charge in [-0.1, -0.05) is 0 Å². The number of hydrogen-bond donors (Lipinski definition) is 1. The molecule has 0 amide bonds. The van der Waals surface area contributed by atoms with Gasteiger partial charge >= 0.3 is 0 Å². The van der Waals surface area contributed by atoms with Crippen molar-refractivity contribution in [3.05, 3.63) is 24.0 Å². The summed E-state index contributed by atoms with van der Waals surface area (Å²) < 4.78 is 18.5. The third-order valence-corrected chi connectivity index (χ3v) is 3.94. The number of rotatable bonds is 3. The fraction of sp³-hybridized carbons (Fsp3) is 0.500. The number of anilines is 1. The van der Waals surface area contributed by atoms with Crippen molar-refractivity contribution in [1.82, 2.24) is 0 Å². The molecule has 2 unspecified atom stereocenters. The molecule has 1 aromatic carbocycles. The number of nitrogen functional groups attached to an aromatic ring is 1. The van der Waals surface area contributed by atoms with Crippen LogP contribution >= 0.6 is 11.8 Å². The molecule has 88 valence electrons. The second kappa shape index (κ2) is 5.06. The van der Waals surface area contributed by atoms with Gasteiger partial charge in [-0.2, -0.15) is 0 Å². The van der Waals surface area contributed by atoms with E-state index in [1.807, 2.05) is 0 Å². The van der Waals surface area contributed by atoms with E-state index in [0.717, 1.165) is 23.5 Å². The minimum absolute atomic E-state index is 0.285. The lowest BCUT2D eigenvalue weighted by Crippen LogP contribution is -2.10. The Bertz CT molecular complexity index is 372. The standard InChI is InChI=1S/C12H16FNOS/c1-8-2-4-10(15-8)7-16-12-5-3-9(13)6-11(12)14/h3,5-6,8,10H,2,4,7,14H2,1H3. The number of hydrogen-bond acceptors (Lipinski definition) is 3. The molecule has 2 nitrogen and oxygen atoms in total. The van der Waals surface area contributed by atoms with Crippen LogP contribution in [0, 0.1) is 5.82 Å². The summed E-state index contributed by atoms with van der Waals surface area (Å²) in [6.07, 6.45) is 2.92. The summed E-state index contributed by atoms with van der Waals surface area (Å²) in [5, 5.41) is 0. The Balaban J connectivity index is 1.89. The van der Waals surface area contributed by atoms with Gasteiger partial charge in [-0.05, 0) is 38.0 Å². The van der Waals surface area contributed by atoms with Gasteiger partial charge in [0.25, 0.3) is 0 Å². The quantitative estimate of drug-likeness (QED) is 0.652. The molecule has 2 N–H and O–H groups in total. The Kier molecular flexibility index (Phi) is 3.71. The highest BCUT2D eigenvalue weighted by Gasteiger charge is 2.21. The molecule has 2 atom stereocenters. The Labute approximate surface area is 99.4 Å². The van der Waals surface area contributed by atoms with Crippen LogP contribution in [0.5, 0.6) is 0 Å². The highest BCUT2D eigenvalue weighted by Crippen LogP contribution is 2.30. The van der Waals surface area contributed by atoms with Gasteiger partial charge < -0.3 is 10.5 Å². The summed E-state index contributed by atoms with van der Waals surface area (Å²) in [5.41, 5.74) is 6.24. The van der Waals surface area contributed by atoms with E-state index < -0.39 is 0 Å². The molecule has 0 spiro atoms. The van der Waals surface area contributed by atoms with Crippen LogP contribution in [-0.2, 0) is 4.74 Å². The van der Waals surface area contributed by atoms with Gasteiger partial charge in [0.1, 0.15) is 5.82 Å². The van der Waals surface area contributed by atoms with Crippen molar-refractivity contribution in [2.45, 2.75) is 36.9 Å². The van der Waals surface area contributed by atoms with Crippen LogP contribution in [0.2, 0.25) is 0 Å². The first-order chi connectivity index (χ1) is 7.65. The van der Waals surface area contributed by atoms with Crippen molar-refractivity contribution in [3.63, 3.8) is 0 Å². The maximum absolute atomic E-state index is 12.8. The second-order valence-corrected chi connectivity index (χ2v) is 5.20. The van der Waals surface area contributed by atoms with E-state index in [1.54, 1.807) is 17.8 Å². The van der Waals surface area contributed by atoms with Crippen molar-refractivity contribution < 1.29 is 9.13 Å². The van der Waals surface area contributed by atoms with Crippen molar-refractivity contribution >= 4 is 17.4 Å². The van der Waals surface area contributed by atoms with E-state index in [1.165, 1.54) is 12.1 Å². The molecule has 4 heteroatoms. The molecule has 16 heavy (non-hydrogen) atoms. The van der Waals surface area contributed by atoms with Crippen LogP contribution in [0.4, 0.5) is 10.1 Å². The molecular formula is C12H16FNOS. The van der Waals surface area contributed by atoms with Crippen molar-refractivity contribution in [2.75, 3.05) is 11.5 Å². The number of nitrogens with two attached hydrogens (primary N) is 1. The van der Waals surface area contributed by atoms with E-state index in [9.17, 15) is 4.39 Å². The van der Waals surface area contributed by atoms with Crippen LogP contribution in [0.15, 0.2) is 23.1 Å². The third kappa shape index (κ3) is 2.89. The lowest BCUT2D eigenvalue weighted by atomic mass is 10.2. The monoisotopic (exact) mass is 241 g/mol. The molecule has 1 aromatic rings. The summed E-state index contributed by atoms with van der Waals surface area (Å²) in [5.74, 6) is 0.604. The highest BCUT2D eigenvalue weighted by molar-refractivity contribution is 7.99. The number of halogens is 1. The van der Waals surface area contributed by atoms with Gasteiger partial charge in [0.2, 0.25) is 0 Å². The lowest BCUT2D eigenvalue weighted by Gasteiger charge is -2.11. The Morgan fingerprint density at radius 1 is 1.50 bits per heavy atom. The van der Waals surface area contributed by atoms with Crippen LogP contribution in [0.25, 0.3) is 0 Å². The third-order valence-electron chi connectivity index (χ3n) is 2.72. The average Bonchev–Trinajstić information content (AvgIpc) is 2.63. The van der Waals surface area contributed by atoms with Gasteiger partial charge in [0.15, 0.2) is 0 Å². The van der Waals surface area contributed by atoms with E-state index >= 15 is 0 Å². The number of benzene rings is 1.